The number of hydrogen-bond acceptors (Lipinski definition) is 7. The summed E-state index contributed by atoms with van der Waals surface area (Å²) in [5.74, 6) is -1.16. The van der Waals surface area contributed by atoms with Crippen LogP contribution in [0.25, 0.3) is 5.69 Å². The van der Waals surface area contributed by atoms with Gasteiger partial charge in [-0.05, 0) is 55.5 Å². The molecule has 2 N–H and O–H groups in total. The van der Waals surface area contributed by atoms with E-state index in [1.54, 1.807) is 60.4 Å². The van der Waals surface area contributed by atoms with Crippen LogP contribution in [0.1, 0.15) is 34.1 Å². The van der Waals surface area contributed by atoms with Crippen LogP contribution in [-0.2, 0) is 4.79 Å². The average molecular weight is 425 g/mol. The minimum absolute atomic E-state index is 0.100. The highest BCUT2D eigenvalue weighted by atomic mass is 32.1. The number of carbonyl (C=O) groups is 3. The van der Waals surface area contributed by atoms with Crippen LogP contribution in [0, 0.1) is 4.77 Å². The molecule has 0 fully saturated rings. The van der Waals surface area contributed by atoms with Crippen LogP contribution in [0.3, 0.4) is 0 Å². The predicted octanol–water partition coefficient (Wildman–Crippen LogP) is 2.69. The van der Waals surface area contributed by atoms with Crippen LogP contribution in [-0.4, -0.2) is 55.9 Å². The lowest BCUT2D eigenvalue weighted by atomic mass is 10.1. The van der Waals surface area contributed by atoms with Crippen molar-refractivity contribution in [2.75, 3.05) is 11.4 Å². The van der Waals surface area contributed by atoms with Gasteiger partial charge >= 0.3 is 5.97 Å². The number of ketones is 1. The Morgan fingerprint density at radius 2 is 2.00 bits per heavy atom. The summed E-state index contributed by atoms with van der Waals surface area (Å²) in [7, 11) is 0. The molecule has 0 aliphatic heterocycles. The first-order valence-electron chi connectivity index (χ1n) is 9.09. The molecule has 0 spiro atoms. The lowest BCUT2D eigenvalue weighted by Crippen LogP contribution is -2.40. The van der Waals surface area contributed by atoms with E-state index in [1.807, 2.05) is 0 Å². The Morgan fingerprint density at radius 3 is 2.60 bits per heavy atom. The molecule has 0 amide bonds. The standard InChI is InChI=1S/C20H19N5O4S/c1-13(19(28)29)24(16-7-5-14(12-26)6-8-16)10-9-18(27)15-3-2-4-17(11-15)25-20(30)21-22-23-25/h2-8,11-13H,9-10H2,1H3,(H,28,29)(H,21,23,30). The Bertz CT molecular complexity index is 1120. The van der Waals surface area contributed by atoms with E-state index in [-0.39, 0.29) is 23.5 Å². The summed E-state index contributed by atoms with van der Waals surface area (Å²) in [6.07, 6.45) is 0.815. The molecule has 1 aromatic heterocycles. The Labute approximate surface area is 176 Å². The topological polar surface area (TPSA) is 121 Å². The van der Waals surface area contributed by atoms with Crippen LogP contribution in [0.2, 0.25) is 0 Å². The Morgan fingerprint density at radius 1 is 1.27 bits per heavy atom. The fourth-order valence-corrected chi connectivity index (χ4v) is 3.16. The number of benzene rings is 2. The molecule has 1 unspecified atom stereocenters. The number of aromatic amines is 1. The van der Waals surface area contributed by atoms with Crippen molar-refractivity contribution in [2.45, 2.75) is 19.4 Å². The van der Waals surface area contributed by atoms with Crippen LogP contribution in [0.5, 0.6) is 0 Å². The maximum Gasteiger partial charge on any atom is 0.326 e. The summed E-state index contributed by atoms with van der Waals surface area (Å²) in [6.45, 7) is 1.75. The molecule has 0 saturated heterocycles. The lowest BCUT2D eigenvalue weighted by molar-refractivity contribution is -0.138. The number of carboxylic acids is 1. The average Bonchev–Trinajstić information content (AvgIpc) is 3.19. The highest BCUT2D eigenvalue weighted by Crippen LogP contribution is 2.20. The van der Waals surface area contributed by atoms with E-state index >= 15 is 0 Å². The van der Waals surface area contributed by atoms with Gasteiger partial charge in [-0.15, -0.1) is 0 Å². The molecule has 0 saturated carbocycles. The predicted molar refractivity (Wildman–Crippen MR) is 112 cm³/mol. The van der Waals surface area contributed by atoms with E-state index in [4.69, 9.17) is 12.2 Å². The Balaban J connectivity index is 1.78. The van der Waals surface area contributed by atoms with Crippen molar-refractivity contribution in [3.05, 3.63) is 64.4 Å². The fraction of sp³-hybridized carbons (Fsp3) is 0.200. The quantitative estimate of drug-likeness (QED) is 0.305. The first-order valence-corrected chi connectivity index (χ1v) is 9.50. The number of aliphatic carboxylic acids is 1. The molecule has 0 bridgehead atoms. The highest BCUT2D eigenvalue weighted by Gasteiger charge is 2.22. The summed E-state index contributed by atoms with van der Waals surface area (Å²) < 4.78 is 1.71. The second-order valence-electron chi connectivity index (χ2n) is 6.56. The molecule has 1 atom stereocenters. The summed E-state index contributed by atoms with van der Waals surface area (Å²) in [6, 6.07) is 12.5. The minimum Gasteiger partial charge on any atom is -0.480 e. The van der Waals surface area contributed by atoms with Crippen molar-refractivity contribution in [3.8, 4) is 5.69 Å². The molecule has 0 radical (unpaired) electrons. The van der Waals surface area contributed by atoms with Gasteiger partial charge in [0, 0.05) is 29.8 Å². The normalized spacial score (nSPS) is 11.6. The molecule has 154 valence electrons. The van der Waals surface area contributed by atoms with Crippen molar-refractivity contribution >= 4 is 35.9 Å². The van der Waals surface area contributed by atoms with E-state index < -0.39 is 12.0 Å². The van der Waals surface area contributed by atoms with Gasteiger partial charge in [0.15, 0.2) is 5.78 Å². The number of anilines is 1. The summed E-state index contributed by atoms with van der Waals surface area (Å²) in [5, 5.41) is 19.4. The van der Waals surface area contributed by atoms with E-state index in [1.165, 1.54) is 4.68 Å². The number of hydrogen-bond donors (Lipinski definition) is 2. The number of H-pyrrole nitrogens is 1. The highest BCUT2D eigenvalue weighted by molar-refractivity contribution is 7.71. The Hall–Kier alpha value is -3.66. The van der Waals surface area contributed by atoms with Gasteiger partial charge in [0.2, 0.25) is 4.77 Å². The molecule has 9 nitrogen and oxygen atoms in total. The molecule has 0 aliphatic rings. The van der Waals surface area contributed by atoms with E-state index in [9.17, 15) is 19.5 Å². The van der Waals surface area contributed by atoms with Crippen LogP contribution in [0.4, 0.5) is 5.69 Å². The van der Waals surface area contributed by atoms with Crippen molar-refractivity contribution < 1.29 is 19.5 Å². The number of Topliss-reactive ketones (excluding diaryl/α,β-unsaturated/α-hetero) is 1. The van der Waals surface area contributed by atoms with Crippen molar-refractivity contribution in [3.63, 3.8) is 0 Å². The zero-order valence-corrected chi connectivity index (χ0v) is 16.9. The number of nitrogens with one attached hydrogen (secondary N) is 1. The van der Waals surface area contributed by atoms with Crippen LogP contribution >= 0.6 is 12.2 Å². The zero-order valence-electron chi connectivity index (χ0n) is 16.1. The van der Waals surface area contributed by atoms with Gasteiger partial charge in [0.05, 0.1) is 5.69 Å². The van der Waals surface area contributed by atoms with Crippen LogP contribution in [0.15, 0.2) is 48.5 Å². The molecule has 0 aliphatic carbocycles. The first kappa shape index (κ1) is 21.1. The monoisotopic (exact) mass is 425 g/mol. The molecule has 10 heteroatoms. The number of aldehydes is 1. The molecule has 1 heterocycles. The van der Waals surface area contributed by atoms with E-state index in [0.29, 0.717) is 28.8 Å². The van der Waals surface area contributed by atoms with E-state index in [0.717, 1.165) is 0 Å². The number of nitrogens with zero attached hydrogens (tertiary/aromatic N) is 4. The van der Waals surface area contributed by atoms with Crippen molar-refractivity contribution in [2.24, 2.45) is 0 Å². The third-order valence-electron chi connectivity index (χ3n) is 4.66. The fourth-order valence-electron chi connectivity index (χ4n) is 2.97. The van der Waals surface area contributed by atoms with Gasteiger partial charge in [-0.1, -0.05) is 22.4 Å². The van der Waals surface area contributed by atoms with Gasteiger partial charge in [0.25, 0.3) is 0 Å². The number of aromatic nitrogens is 4. The largest absolute Gasteiger partial charge is 0.480 e. The molecule has 3 aromatic rings. The zero-order chi connectivity index (χ0) is 21.7. The number of carboxylic acid groups (broad SMARTS) is 1. The second-order valence-corrected chi connectivity index (χ2v) is 6.92. The lowest BCUT2D eigenvalue weighted by Gasteiger charge is -2.28. The van der Waals surface area contributed by atoms with Gasteiger partial charge in [0.1, 0.15) is 12.3 Å². The SMILES string of the molecule is CC(C(=O)O)N(CCC(=O)c1cccc(-n2[nH]nnc2=S)c1)c1ccc(C=O)cc1. The summed E-state index contributed by atoms with van der Waals surface area (Å²) >= 11 is 5.08. The molecular formula is C20H19N5O4S. The van der Waals surface area contributed by atoms with Gasteiger partial charge < -0.3 is 10.0 Å². The maximum absolute atomic E-state index is 12.8. The number of tetrazole rings is 1. The van der Waals surface area contributed by atoms with Gasteiger partial charge in [-0.3, -0.25) is 9.59 Å². The smallest absolute Gasteiger partial charge is 0.326 e. The number of rotatable bonds is 9. The summed E-state index contributed by atoms with van der Waals surface area (Å²) in [5.41, 5.74) is 2.19. The number of carbonyl (C=O) groups excluding carboxylic acids is 2. The Kier molecular flexibility index (Phi) is 6.48. The van der Waals surface area contributed by atoms with Crippen LogP contribution < -0.4 is 4.90 Å². The van der Waals surface area contributed by atoms with Gasteiger partial charge in [-0.25, -0.2) is 9.48 Å². The molecule has 2 aromatic carbocycles. The van der Waals surface area contributed by atoms with Crippen molar-refractivity contribution in [1.82, 2.24) is 20.2 Å². The van der Waals surface area contributed by atoms with Gasteiger partial charge in [-0.2, -0.15) is 5.21 Å². The first-order chi connectivity index (χ1) is 14.4. The minimum atomic E-state index is -1.01. The second kappa shape index (κ2) is 9.23. The van der Waals surface area contributed by atoms with E-state index in [2.05, 4.69) is 15.5 Å². The third kappa shape index (κ3) is 4.66. The molecule has 3 rings (SSSR count). The third-order valence-corrected chi connectivity index (χ3v) is 4.93. The van der Waals surface area contributed by atoms with Crippen molar-refractivity contribution in [1.29, 1.82) is 0 Å². The molecular weight excluding hydrogens is 406 g/mol. The maximum atomic E-state index is 12.8. The summed E-state index contributed by atoms with van der Waals surface area (Å²) in [4.78, 5) is 36.8. The molecule has 30 heavy (non-hydrogen) atoms.